The number of nitrogens with zero attached hydrogens (tertiary/aromatic N) is 1. The van der Waals surface area contributed by atoms with Gasteiger partial charge in [0.1, 0.15) is 24.6 Å². The Morgan fingerprint density at radius 1 is 0.800 bits per heavy atom. The maximum Gasteiger partial charge on any atom is 0.328 e. The number of esters is 2. The maximum absolute atomic E-state index is 13.3. The number of hydrogen-bond acceptors (Lipinski definition) is 7. The summed E-state index contributed by atoms with van der Waals surface area (Å²) in [6.45, 7) is 2.38. The normalized spacial score (nSPS) is 12.1. The Hall–Kier alpha value is -3.95. The molecule has 0 unspecified atom stereocenters. The molecule has 0 bridgehead atoms. The molecule has 248 valence electrons. The van der Waals surface area contributed by atoms with Crippen LogP contribution in [0.15, 0.2) is 54.7 Å². The van der Waals surface area contributed by atoms with Gasteiger partial charge in [-0.3, -0.25) is 14.9 Å². The Balaban J connectivity index is 1.85. The Labute approximate surface area is 268 Å². The van der Waals surface area contributed by atoms with E-state index in [4.69, 9.17) is 15.2 Å². The number of carbonyl (C=O) groups excluding carboxylic acids is 4. The van der Waals surface area contributed by atoms with Crippen LogP contribution in [0.25, 0.3) is 0 Å². The minimum atomic E-state index is -1.05. The van der Waals surface area contributed by atoms with E-state index in [0.717, 1.165) is 24.8 Å². The predicted octanol–water partition coefficient (Wildman–Crippen LogP) is 6.97. The number of unbranched alkanes of at least 4 members (excludes halogenated alkanes) is 10. The van der Waals surface area contributed by atoms with E-state index in [1.165, 1.54) is 57.6 Å². The first kappa shape index (κ1) is 37.2. The number of ether oxygens (including phenoxy) is 2. The van der Waals surface area contributed by atoms with E-state index in [0.29, 0.717) is 12.2 Å². The smallest absolute Gasteiger partial charge is 0.328 e. The van der Waals surface area contributed by atoms with Crippen LogP contribution in [0.4, 0.5) is 10.6 Å². The molecule has 0 aliphatic carbocycles. The van der Waals surface area contributed by atoms with Gasteiger partial charge in [-0.05, 0) is 43.4 Å². The van der Waals surface area contributed by atoms with Crippen molar-refractivity contribution >= 4 is 29.7 Å². The molecule has 0 spiro atoms. The fraction of sp³-hybridized carbons (Fsp3) is 0.571. The van der Waals surface area contributed by atoms with E-state index in [1.807, 2.05) is 30.3 Å². The van der Waals surface area contributed by atoms with Crippen molar-refractivity contribution in [3.05, 3.63) is 60.3 Å². The van der Waals surface area contributed by atoms with Crippen molar-refractivity contribution in [1.29, 1.82) is 0 Å². The van der Waals surface area contributed by atoms with Crippen LogP contribution in [-0.4, -0.2) is 41.0 Å². The molecule has 10 heteroatoms. The van der Waals surface area contributed by atoms with E-state index in [1.54, 1.807) is 18.2 Å². The van der Waals surface area contributed by atoms with E-state index >= 15 is 0 Å². The SMILES string of the molecule is CCCCCCCCCCCCC[C@@H](CC(N)=O)OC(=O)[C@H](CCCC(=O)OCc1ccccc1)NC(=O)Nc1ccccn1. The van der Waals surface area contributed by atoms with Gasteiger partial charge >= 0.3 is 18.0 Å². The van der Waals surface area contributed by atoms with Gasteiger partial charge in [-0.2, -0.15) is 0 Å². The number of urea groups is 1. The van der Waals surface area contributed by atoms with Gasteiger partial charge in [-0.1, -0.05) is 108 Å². The number of hydrogen-bond donors (Lipinski definition) is 3. The molecule has 0 aliphatic rings. The Morgan fingerprint density at radius 3 is 2.07 bits per heavy atom. The number of aromatic nitrogens is 1. The third-order valence-electron chi connectivity index (χ3n) is 7.45. The summed E-state index contributed by atoms with van der Waals surface area (Å²) in [7, 11) is 0. The number of amides is 3. The zero-order valence-corrected chi connectivity index (χ0v) is 26.8. The molecular formula is C35H52N4O6. The molecule has 10 nitrogen and oxygen atoms in total. The molecule has 2 atom stereocenters. The first-order valence-corrected chi connectivity index (χ1v) is 16.5. The number of anilines is 1. The Bertz CT molecular complexity index is 1120. The maximum atomic E-state index is 13.3. The monoisotopic (exact) mass is 624 g/mol. The summed E-state index contributed by atoms with van der Waals surface area (Å²) >= 11 is 0. The number of benzene rings is 1. The second-order valence-electron chi connectivity index (χ2n) is 11.5. The standard InChI is InChI=1S/C35H52N4O6/c1-2-3-4-5-6-7-8-9-10-11-15-21-29(26-31(36)40)45-34(42)30(38-35(43)39-32-23-16-17-25-37-32)22-18-24-33(41)44-27-28-19-13-12-14-20-28/h12-14,16-17,19-20,23,25,29-30H,2-11,15,18,21-22,24,26-27H2,1H3,(H2,36,40)(H2,37,38,39,43)/t29-,30-/m0/s1. The summed E-state index contributed by atoms with van der Waals surface area (Å²) in [5.74, 6) is -1.34. The Morgan fingerprint density at radius 2 is 1.44 bits per heavy atom. The number of primary amides is 1. The molecule has 4 N–H and O–H groups in total. The lowest BCUT2D eigenvalue weighted by molar-refractivity contribution is -0.153. The van der Waals surface area contributed by atoms with E-state index < -0.39 is 36.0 Å². The van der Waals surface area contributed by atoms with E-state index in [2.05, 4.69) is 22.5 Å². The molecule has 3 amide bonds. The van der Waals surface area contributed by atoms with Crippen molar-refractivity contribution < 1.29 is 28.7 Å². The van der Waals surface area contributed by atoms with Gasteiger partial charge in [0.25, 0.3) is 0 Å². The van der Waals surface area contributed by atoms with Crippen LogP contribution < -0.4 is 16.4 Å². The van der Waals surface area contributed by atoms with Crippen molar-refractivity contribution in [2.75, 3.05) is 5.32 Å². The number of rotatable bonds is 24. The fourth-order valence-electron chi connectivity index (χ4n) is 4.97. The largest absolute Gasteiger partial charge is 0.461 e. The molecule has 1 heterocycles. The molecule has 1 aromatic heterocycles. The highest BCUT2D eigenvalue weighted by Crippen LogP contribution is 2.16. The number of carbonyl (C=O) groups is 4. The molecule has 2 aromatic rings. The first-order valence-electron chi connectivity index (χ1n) is 16.5. The summed E-state index contributed by atoms with van der Waals surface area (Å²) in [6, 6.07) is 12.7. The van der Waals surface area contributed by atoms with Crippen LogP contribution in [0.5, 0.6) is 0 Å². The average molecular weight is 625 g/mol. The van der Waals surface area contributed by atoms with E-state index in [-0.39, 0.29) is 32.3 Å². The highest BCUT2D eigenvalue weighted by atomic mass is 16.5. The molecule has 0 saturated heterocycles. The van der Waals surface area contributed by atoms with Crippen LogP contribution in [0.2, 0.25) is 0 Å². The second kappa shape index (κ2) is 23.4. The number of pyridine rings is 1. The summed E-state index contributed by atoms with van der Waals surface area (Å²) in [4.78, 5) is 54.1. The van der Waals surface area contributed by atoms with Crippen LogP contribution >= 0.6 is 0 Å². The highest BCUT2D eigenvalue weighted by molar-refractivity contribution is 5.91. The molecule has 1 aromatic carbocycles. The molecule has 2 rings (SSSR count). The second-order valence-corrected chi connectivity index (χ2v) is 11.5. The molecule has 0 aliphatic heterocycles. The van der Waals surface area contributed by atoms with Crippen molar-refractivity contribution in [2.24, 2.45) is 5.73 Å². The average Bonchev–Trinajstić information content (AvgIpc) is 3.02. The lowest BCUT2D eigenvalue weighted by Gasteiger charge is -2.22. The molecule has 0 radical (unpaired) electrons. The third-order valence-corrected chi connectivity index (χ3v) is 7.45. The van der Waals surface area contributed by atoms with Gasteiger partial charge in [-0.15, -0.1) is 0 Å². The molecule has 0 fully saturated rings. The van der Waals surface area contributed by atoms with Gasteiger partial charge in [0, 0.05) is 12.6 Å². The zero-order valence-electron chi connectivity index (χ0n) is 26.8. The van der Waals surface area contributed by atoms with E-state index in [9.17, 15) is 19.2 Å². The number of nitrogens with two attached hydrogens (primary N) is 1. The zero-order chi connectivity index (χ0) is 32.5. The third kappa shape index (κ3) is 18.5. The van der Waals surface area contributed by atoms with Gasteiger partial charge in [-0.25, -0.2) is 14.6 Å². The van der Waals surface area contributed by atoms with Gasteiger partial charge in [0.2, 0.25) is 5.91 Å². The quantitative estimate of drug-likeness (QED) is 0.0843. The lowest BCUT2D eigenvalue weighted by Crippen LogP contribution is -2.45. The fourth-order valence-corrected chi connectivity index (χ4v) is 4.97. The van der Waals surface area contributed by atoms with Crippen LogP contribution in [0.3, 0.4) is 0 Å². The first-order chi connectivity index (χ1) is 21.9. The summed E-state index contributed by atoms with van der Waals surface area (Å²) in [5.41, 5.74) is 6.33. The Kier molecular flexibility index (Phi) is 19.4. The van der Waals surface area contributed by atoms with Gasteiger partial charge in [0.15, 0.2) is 0 Å². The van der Waals surface area contributed by atoms with Crippen molar-refractivity contribution in [3.63, 3.8) is 0 Å². The van der Waals surface area contributed by atoms with Crippen LogP contribution in [0.1, 0.15) is 115 Å². The minimum absolute atomic E-state index is 0.0591. The van der Waals surface area contributed by atoms with Crippen LogP contribution in [0, 0.1) is 0 Å². The molecular weight excluding hydrogens is 572 g/mol. The predicted molar refractivity (Wildman–Crippen MR) is 175 cm³/mol. The summed E-state index contributed by atoms with van der Waals surface area (Å²) < 4.78 is 11.0. The van der Waals surface area contributed by atoms with Gasteiger partial charge < -0.3 is 20.5 Å². The van der Waals surface area contributed by atoms with Gasteiger partial charge in [0.05, 0.1) is 6.42 Å². The summed E-state index contributed by atoms with van der Waals surface area (Å²) in [5, 5.41) is 5.23. The van der Waals surface area contributed by atoms with Crippen LogP contribution in [-0.2, 0) is 30.5 Å². The topological polar surface area (TPSA) is 150 Å². The minimum Gasteiger partial charge on any atom is -0.461 e. The van der Waals surface area contributed by atoms with Crippen molar-refractivity contribution in [2.45, 2.75) is 128 Å². The highest BCUT2D eigenvalue weighted by Gasteiger charge is 2.26. The molecule has 0 saturated carbocycles. The summed E-state index contributed by atoms with van der Waals surface area (Å²) in [6.07, 6.45) is 14.7. The number of nitrogens with one attached hydrogen (secondary N) is 2. The van der Waals surface area contributed by atoms with Crippen molar-refractivity contribution in [3.8, 4) is 0 Å². The lowest BCUT2D eigenvalue weighted by atomic mass is 10.0. The van der Waals surface area contributed by atoms with Crippen molar-refractivity contribution in [1.82, 2.24) is 10.3 Å². The molecule has 45 heavy (non-hydrogen) atoms.